The SMILES string of the molecule is CC(C)(F)C1(c2ccccc2C(=O)O)CC1. The normalized spacial score (nSPS) is 18.2. The largest absolute Gasteiger partial charge is 0.478 e. The Bertz CT molecular complexity index is 428. The fourth-order valence-corrected chi connectivity index (χ4v) is 2.40. The van der Waals surface area contributed by atoms with E-state index in [1.165, 1.54) is 13.8 Å². The highest BCUT2D eigenvalue weighted by Gasteiger charge is 2.57. The van der Waals surface area contributed by atoms with Crippen molar-refractivity contribution in [2.24, 2.45) is 0 Å². The van der Waals surface area contributed by atoms with Gasteiger partial charge in [0.15, 0.2) is 0 Å². The molecule has 0 unspecified atom stereocenters. The van der Waals surface area contributed by atoms with Crippen LogP contribution in [0.1, 0.15) is 42.6 Å². The van der Waals surface area contributed by atoms with Gasteiger partial charge in [0.05, 0.1) is 5.56 Å². The van der Waals surface area contributed by atoms with Crippen LogP contribution in [0.15, 0.2) is 24.3 Å². The molecule has 86 valence electrons. The lowest BCUT2D eigenvalue weighted by atomic mass is 9.80. The topological polar surface area (TPSA) is 37.3 Å². The lowest BCUT2D eigenvalue weighted by molar-refractivity contribution is 0.0692. The molecular weight excluding hydrogens is 207 g/mol. The highest BCUT2D eigenvalue weighted by atomic mass is 19.1. The molecule has 0 amide bonds. The molecule has 16 heavy (non-hydrogen) atoms. The number of carboxylic acid groups (broad SMARTS) is 1. The number of benzene rings is 1. The van der Waals surface area contributed by atoms with E-state index in [4.69, 9.17) is 5.11 Å². The molecule has 1 fully saturated rings. The van der Waals surface area contributed by atoms with Crippen molar-refractivity contribution in [3.8, 4) is 0 Å². The van der Waals surface area contributed by atoms with Gasteiger partial charge < -0.3 is 5.11 Å². The predicted molar refractivity (Wildman–Crippen MR) is 59.5 cm³/mol. The Morgan fingerprint density at radius 2 is 1.94 bits per heavy atom. The zero-order valence-electron chi connectivity index (χ0n) is 9.46. The monoisotopic (exact) mass is 222 g/mol. The second-order valence-corrected chi connectivity index (χ2v) is 4.91. The van der Waals surface area contributed by atoms with Crippen molar-refractivity contribution in [3.63, 3.8) is 0 Å². The standard InChI is InChI=1S/C13H15FO2/c1-12(2,14)13(7-8-13)10-6-4-3-5-9(10)11(15)16/h3-6H,7-8H2,1-2H3,(H,15,16). The number of alkyl halides is 1. The maximum atomic E-state index is 14.2. The Hall–Kier alpha value is -1.38. The second-order valence-electron chi connectivity index (χ2n) is 4.91. The number of carbonyl (C=O) groups is 1. The molecule has 0 aliphatic heterocycles. The fourth-order valence-electron chi connectivity index (χ4n) is 2.40. The van der Waals surface area contributed by atoms with Crippen molar-refractivity contribution in [1.82, 2.24) is 0 Å². The van der Waals surface area contributed by atoms with E-state index < -0.39 is 17.1 Å². The summed E-state index contributed by atoms with van der Waals surface area (Å²) in [6.07, 6.45) is 1.45. The molecule has 1 N–H and O–H groups in total. The van der Waals surface area contributed by atoms with Crippen molar-refractivity contribution < 1.29 is 14.3 Å². The summed E-state index contributed by atoms with van der Waals surface area (Å²) in [6, 6.07) is 6.73. The van der Waals surface area contributed by atoms with Gasteiger partial charge >= 0.3 is 5.97 Å². The summed E-state index contributed by atoms with van der Waals surface area (Å²) in [5.41, 5.74) is -1.11. The molecule has 0 atom stereocenters. The van der Waals surface area contributed by atoms with Gasteiger partial charge in [-0.3, -0.25) is 0 Å². The molecule has 2 nitrogen and oxygen atoms in total. The average Bonchev–Trinajstić information content (AvgIpc) is 2.97. The van der Waals surface area contributed by atoms with Crippen molar-refractivity contribution in [3.05, 3.63) is 35.4 Å². The lowest BCUT2D eigenvalue weighted by Gasteiger charge is -2.28. The van der Waals surface area contributed by atoms with Crippen LogP contribution in [0.5, 0.6) is 0 Å². The smallest absolute Gasteiger partial charge is 0.335 e. The van der Waals surface area contributed by atoms with E-state index >= 15 is 0 Å². The first kappa shape index (κ1) is 11.1. The first-order valence-electron chi connectivity index (χ1n) is 5.40. The van der Waals surface area contributed by atoms with Gasteiger partial charge in [-0.1, -0.05) is 18.2 Å². The molecule has 0 saturated heterocycles. The second kappa shape index (κ2) is 3.30. The quantitative estimate of drug-likeness (QED) is 0.852. The molecule has 1 aromatic carbocycles. The number of carboxylic acids is 1. The van der Waals surface area contributed by atoms with Crippen LogP contribution in [0.3, 0.4) is 0 Å². The lowest BCUT2D eigenvalue weighted by Crippen LogP contribution is -2.33. The van der Waals surface area contributed by atoms with E-state index in [0.29, 0.717) is 5.56 Å². The van der Waals surface area contributed by atoms with Crippen LogP contribution in [-0.2, 0) is 5.41 Å². The van der Waals surface area contributed by atoms with Crippen LogP contribution in [0.4, 0.5) is 4.39 Å². The van der Waals surface area contributed by atoms with E-state index in [1.807, 2.05) is 0 Å². The molecular formula is C13H15FO2. The zero-order valence-corrected chi connectivity index (χ0v) is 9.46. The Kier molecular flexibility index (Phi) is 2.30. The van der Waals surface area contributed by atoms with Gasteiger partial charge in [0.25, 0.3) is 0 Å². The first-order chi connectivity index (χ1) is 7.38. The summed E-state index contributed by atoms with van der Waals surface area (Å²) >= 11 is 0. The molecule has 2 rings (SSSR count). The highest BCUT2D eigenvalue weighted by Crippen LogP contribution is 2.57. The van der Waals surface area contributed by atoms with Gasteiger partial charge in [0.2, 0.25) is 0 Å². The number of halogens is 1. The molecule has 0 aromatic heterocycles. The van der Waals surface area contributed by atoms with E-state index in [0.717, 1.165) is 12.8 Å². The van der Waals surface area contributed by atoms with Crippen LogP contribution >= 0.6 is 0 Å². The van der Waals surface area contributed by atoms with Crippen LogP contribution in [0, 0.1) is 0 Å². The van der Waals surface area contributed by atoms with Crippen molar-refractivity contribution in [2.75, 3.05) is 0 Å². The molecule has 0 heterocycles. The van der Waals surface area contributed by atoms with Gasteiger partial charge in [-0.15, -0.1) is 0 Å². The minimum atomic E-state index is -1.38. The van der Waals surface area contributed by atoms with E-state index in [-0.39, 0.29) is 5.56 Å². The number of rotatable bonds is 3. The van der Waals surface area contributed by atoms with Gasteiger partial charge in [-0.2, -0.15) is 0 Å². The molecule has 0 spiro atoms. The molecule has 1 aliphatic carbocycles. The third-order valence-corrected chi connectivity index (χ3v) is 3.56. The van der Waals surface area contributed by atoms with Gasteiger partial charge in [0.1, 0.15) is 5.67 Å². The van der Waals surface area contributed by atoms with Gasteiger partial charge in [0, 0.05) is 5.41 Å². The van der Waals surface area contributed by atoms with Crippen molar-refractivity contribution in [1.29, 1.82) is 0 Å². The number of hydrogen-bond acceptors (Lipinski definition) is 1. The third kappa shape index (κ3) is 1.51. The van der Waals surface area contributed by atoms with Gasteiger partial charge in [-0.25, -0.2) is 9.18 Å². The Morgan fingerprint density at radius 1 is 1.38 bits per heavy atom. The molecule has 1 aromatic rings. The van der Waals surface area contributed by atoms with Crippen molar-refractivity contribution >= 4 is 5.97 Å². The Labute approximate surface area is 94.1 Å². The minimum absolute atomic E-state index is 0.228. The fraction of sp³-hybridized carbons (Fsp3) is 0.462. The summed E-state index contributed by atoms with van der Waals surface area (Å²) in [7, 11) is 0. The van der Waals surface area contributed by atoms with Crippen LogP contribution < -0.4 is 0 Å². The molecule has 3 heteroatoms. The average molecular weight is 222 g/mol. The Balaban J connectivity index is 2.53. The number of hydrogen-bond donors (Lipinski definition) is 1. The van der Waals surface area contributed by atoms with Gasteiger partial charge in [-0.05, 0) is 38.3 Å². The molecule has 1 saturated carbocycles. The maximum Gasteiger partial charge on any atom is 0.335 e. The van der Waals surface area contributed by atoms with Crippen LogP contribution in [0.2, 0.25) is 0 Å². The molecule has 0 radical (unpaired) electrons. The van der Waals surface area contributed by atoms with E-state index in [2.05, 4.69) is 0 Å². The van der Waals surface area contributed by atoms with E-state index in [1.54, 1.807) is 24.3 Å². The molecule has 0 bridgehead atoms. The zero-order chi connectivity index (χ0) is 12.0. The summed E-state index contributed by atoms with van der Waals surface area (Å²) < 4.78 is 14.2. The number of aromatic carboxylic acids is 1. The third-order valence-electron chi connectivity index (χ3n) is 3.56. The minimum Gasteiger partial charge on any atom is -0.478 e. The van der Waals surface area contributed by atoms with Crippen LogP contribution in [-0.4, -0.2) is 16.7 Å². The summed E-state index contributed by atoms with van der Waals surface area (Å²) in [5.74, 6) is -0.980. The van der Waals surface area contributed by atoms with Crippen LogP contribution in [0.25, 0.3) is 0 Å². The van der Waals surface area contributed by atoms with Crippen molar-refractivity contribution in [2.45, 2.75) is 37.8 Å². The maximum absolute atomic E-state index is 14.2. The Morgan fingerprint density at radius 3 is 2.38 bits per heavy atom. The highest BCUT2D eigenvalue weighted by molar-refractivity contribution is 5.90. The summed E-state index contributed by atoms with van der Waals surface area (Å²) in [6.45, 7) is 3.05. The van der Waals surface area contributed by atoms with E-state index in [9.17, 15) is 9.18 Å². The predicted octanol–water partition coefficient (Wildman–Crippen LogP) is 3.16. The first-order valence-corrected chi connectivity index (χ1v) is 5.40. The summed E-state index contributed by atoms with van der Waals surface area (Å²) in [4.78, 5) is 11.1. The summed E-state index contributed by atoms with van der Waals surface area (Å²) in [5, 5.41) is 9.10. The molecule has 1 aliphatic rings.